The SMILES string of the molecule is [Cl][Re][Cl].c1cc[cH-]c1.c1cc[cH-]c1. The van der Waals surface area contributed by atoms with Crippen LogP contribution in [0.15, 0.2) is 60.7 Å². The first-order valence-corrected chi connectivity index (χ1v) is 10.3. The molecule has 0 saturated carbocycles. The van der Waals surface area contributed by atoms with E-state index in [0.717, 1.165) is 0 Å². The molecule has 2 rings (SSSR count). The van der Waals surface area contributed by atoms with Gasteiger partial charge in [0.05, 0.1) is 0 Å². The minimum atomic E-state index is -0.722. The van der Waals surface area contributed by atoms with Gasteiger partial charge >= 0.3 is 35.0 Å². The summed E-state index contributed by atoms with van der Waals surface area (Å²) >= 11 is -0.722. The molecule has 0 aliphatic heterocycles. The topological polar surface area (TPSA) is 0 Å². The van der Waals surface area contributed by atoms with Crippen molar-refractivity contribution >= 4 is 19.1 Å². The third-order valence-electron chi connectivity index (χ3n) is 1.11. The molecule has 0 saturated heterocycles. The Labute approximate surface area is 95.3 Å². The van der Waals surface area contributed by atoms with Gasteiger partial charge in [-0.15, -0.1) is 0 Å². The van der Waals surface area contributed by atoms with Crippen LogP contribution in [0.5, 0.6) is 0 Å². The van der Waals surface area contributed by atoms with E-state index in [1.807, 2.05) is 60.7 Å². The molecule has 0 aliphatic carbocycles. The molecule has 0 fully saturated rings. The molecule has 13 heavy (non-hydrogen) atoms. The zero-order valence-electron chi connectivity index (χ0n) is 6.91. The first-order valence-electron chi connectivity index (χ1n) is 3.62. The Hall–Kier alpha value is -0.0577. The molecule has 0 amide bonds. The Morgan fingerprint density at radius 2 is 0.923 bits per heavy atom. The molecule has 73 valence electrons. The zero-order chi connectivity index (χ0) is 9.78. The average Bonchev–Trinajstić information content (AvgIpc) is 2.85. The van der Waals surface area contributed by atoms with Crippen molar-refractivity contribution in [3.63, 3.8) is 0 Å². The zero-order valence-corrected chi connectivity index (χ0v) is 11.1. The monoisotopic (exact) mass is 387 g/mol. The summed E-state index contributed by atoms with van der Waals surface area (Å²) in [6.07, 6.45) is 0. The van der Waals surface area contributed by atoms with Crippen molar-refractivity contribution in [2.45, 2.75) is 0 Å². The van der Waals surface area contributed by atoms with Gasteiger partial charge in [0, 0.05) is 0 Å². The van der Waals surface area contributed by atoms with E-state index in [9.17, 15) is 0 Å². The third kappa shape index (κ3) is 11.9. The van der Waals surface area contributed by atoms with Crippen molar-refractivity contribution in [3.05, 3.63) is 60.7 Å². The quantitative estimate of drug-likeness (QED) is 0.595. The third-order valence-corrected chi connectivity index (χ3v) is 1.11. The van der Waals surface area contributed by atoms with Crippen molar-refractivity contribution in [2.75, 3.05) is 0 Å². The fourth-order valence-corrected chi connectivity index (χ4v) is 0.642. The second-order valence-corrected chi connectivity index (χ2v) is 5.90. The first-order chi connectivity index (χ1) is 6.41. The molecule has 2 aromatic rings. The van der Waals surface area contributed by atoms with Crippen LogP contribution in [-0.2, 0) is 15.9 Å². The van der Waals surface area contributed by atoms with Crippen LogP contribution in [0.4, 0.5) is 0 Å². The van der Waals surface area contributed by atoms with E-state index < -0.39 is 15.9 Å². The van der Waals surface area contributed by atoms with Crippen LogP contribution in [0.1, 0.15) is 0 Å². The number of hydrogen-bond donors (Lipinski definition) is 0. The van der Waals surface area contributed by atoms with E-state index in [4.69, 9.17) is 19.1 Å². The maximum absolute atomic E-state index is 4.92. The van der Waals surface area contributed by atoms with Gasteiger partial charge in [0.15, 0.2) is 0 Å². The number of rotatable bonds is 0. The van der Waals surface area contributed by atoms with Crippen molar-refractivity contribution in [3.8, 4) is 0 Å². The average molecular weight is 387 g/mol. The molecule has 0 aromatic heterocycles. The van der Waals surface area contributed by atoms with Crippen LogP contribution in [0, 0.1) is 0 Å². The van der Waals surface area contributed by atoms with Gasteiger partial charge in [-0.2, -0.15) is 36.4 Å². The predicted octanol–water partition coefficient (Wildman–Crippen LogP) is 4.19. The Morgan fingerprint density at radius 1 is 0.692 bits per heavy atom. The first kappa shape index (κ1) is 12.9. The van der Waals surface area contributed by atoms with Gasteiger partial charge in [0.2, 0.25) is 0 Å². The summed E-state index contributed by atoms with van der Waals surface area (Å²) in [6.45, 7) is 0. The van der Waals surface area contributed by atoms with Gasteiger partial charge < -0.3 is 0 Å². The Balaban J connectivity index is 0.000000174. The van der Waals surface area contributed by atoms with Crippen LogP contribution in [0.2, 0.25) is 0 Å². The molecule has 3 heteroatoms. The van der Waals surface area contributed by atoms with Crippen LogP contribution >= 0.6 is 19.1 Å². The van der Waals surface area contributed by atoms with Crippen molar-refractivity contribution in [1.82, 2.24) is 0 Å². The summed E-state index contributed by atoms with van der Waals surface area (Å²) in [7, 11) is 9.83. The largest absolute Gasteiger partial charge is 0.214 e. The smallest absolute Gasteiger partial charge is 0.172 e. The molecule has 0 aliphatic rings. The van der Waals surface area contributed by atoms with E-state index in [1.54, 1.807) is 0 Å². The van der Waals surface area contributed by atoms with Crippen LogP contribution in [0.25, 0.3) is 0 Å². The summed E-state index contributed by atoms with van der Waals surface area (Å²) in [5, 5.41) is 0. The van der Waals surface area contributed by atoms with Gasteiger partial charge in [-0.25, -0.2) is 24.3 Å². The predicted molar refractivity (Wildman–Crippen MR) is 55.8 cm³/mol. The fourth-order valence-electron chi connectivity index (χ4n) is 0.642. The molecular weight excluding hydrogens is 377 g/mol. The summed E-state index contributed by atoms with van der Waals surface area (Å²) in [5.41, 5.74) is 0. The molecule has 2 aromatic carbocycles. The second-order valence-electron chi connectivity index (χ2n) is 1.98. The normalized spacial score (nSPS) is 7.54. The molecule has 0 heterocycles. The maximum Gasteiger partial charge on any atom is -0.172 e. The fraction of sp³-hybridized carbons (Fsp3) is 0. The summed E-state index contributed by atoms with van der Waals surface area (Å²) in [5.74, 6) is 0. The minimum absolute atomic E-state index is 0.722. The molecule has 0 spiro atoms. The van der Waals surface area contributed by atoms with E-state index >= 15 is 0 Å². The summed E-state index contributed by atoms with van der Waals surface area (Å²) < 4.78 is 0. The molecule has 0 nitrogen and oxygen atoms in total. The van der Waals surface area contributed by atoms with E-state index in [2.05, 4.69) is 0 Å². The number of halogens is 2. The van der Waals surface area contributed by atoms with Crippen LogP contribution < -0.4 is 0 Å². The molecule has 0 atom stereocenters. The van der Waals surface area contributed by atoms with Gasteiger partial charge in [0.1, 0.15) is 0 Å². The second kappa shape index (κ2) is 11.9. The summed E-state index contributed by atoms with van der Waals surface area (Å²) in [6, 6.07) is 20.0. The van der Waals surface area contributed by atoms with Crippen LogP contribution in [-0.4, -0.2) is 0 Å². The number of hydrogen-bond acceptors (Lipinski definition) is 0. The maximum atomic E-state index is 4.92. The van der Waals surface area contributed by atoms with Crippen molar-refractivity contribution < 1.29 is 15.9 Å². The van der Waals surface area contributed by atoms with Crippen LogP contribution in [0.3, 0.4) is 0 Å². The standard InChI is InChI=1S/2C5H5.2ClH.Re/c2*1-2-4-5-3-1;;;/h2*1-5H;2*1H;/q2*-1;;;+2/p-2. The summed E-state index contributed by atoms with van der Waals surface area (Å²) in [4.78, 5) is 0. The van der Waals surface area contributed by atoms with Crippen molar-refractivity contribution in [1.29, 1.82) is 0 Å². The minimum Gasteiger partial charge on any atom is -0.214 e. The Bertz CT molecular complexity index is 165. The molecule has 0 radical (unpaired) electrons. The van der Waals surface area contributed by atoms with Gasteiger partial charge in [-0.3, -0.25) is 0 Å². The van der Waals surface area contributed by atoms with Gasteiger partial charge in [-0.05, 0) is 0 Å². The molecule has 0 unspecified atom stereocenters. The molecule has 0 bridgehead atoms. The van der Waals surface area contributed by atoms with Gasteiger partial charge in [0.25, 0.3) is 0 Å². The Kier molecular flexibility index (Phi) is 11.9. The molecule has 0 N–H and O–H groups in total. The van der Waals surface area contributed by atoms with Gasteiger partial charge in [-0.1, -0.05) is 0 Å². The van der Waals surface area contributed by atoms with Crippen molar-refractivity contribution in [2.24, 2.45) is 0 Å². The van der Waals surface area contributed by atoms with E-state index in [1.165, 1.54) is 0 Å². The Morgan fingerprint density at radius 3 is 1.00 bits per heavy atom. The van der Waals surface area contributed by atoms with E-state index in [0.29, 0.717) is 0 Å². The molecular formula is C10H10Cl2Re-2. The van der Waals surface area contributed by atoms with E-state index in [-0.39, 0.29) is 0 Å².